The normalized spacial score (nSPS) is 10.2. The first kappa shape index (κ1) is 20.1. The summed E-state index contributed by atoms with van der Waals surface area (Å²) in [6.45, 7) is 0.818. The molecule has 0 aliphatic rings. The molecular weight excluding hydrogens is 366 g/mol. The van der Waals surface area contributed by atoms with Crippen LogP contribution in [0.15, 0.2) is 72.9 Å². The van der Waals surface area contributed by atoms with Gasteiger partial charge in [0.1, 0.15) is 5.75 Å². The molecule has 1 aromatic heterocycles. The van der Waals surface area contributed by atoms with Gasteiger partial charge in [0.15, 0.2) is 0 Å². The SMILES string of the molecule is COc1cccc(CCNC(=O)c2cccc(C(=O)NCc3ccccn3)c2)c1. The van der Waals surface area contributed by atoms with Gasteiger partial charge in [-0.3, -0.25) is 14.6 Å². The number of rotatable bonds is 8. The van der Waals surface area contributed by atoms with Crippen molar-refractivity contribution in [3.63, 3.8) is 0 Å². The highest BCUT2D eigenvalue weighted by atomic mass is 16.5. The summed E-state index contributed by atoms with van der Waals surface area (Å²) in [4.78, 5) is 29.0. The maximum Gasteiger partial charge on any atom is 0.251 e. The van der Waals surface area contributed by atoms with Crippen LogP contribution in [0.1, 0.15) is 32.0 Å². The van der Waals surface area contributed by atoms with Gasteiger partial charge in [0.2, 0.25) is 0 Å². The molecule has 3 rings (SSSR count). The van der Waals surface area contributed by atoms with Crippen LogP contribution in [-0.4, -0.2) is 30.5 Å². The molecule has 2 aromatic carbocycles. The molecule has 0 atom stereocenters. The monoisotopic (exact) mass is 389 g/mol. The van der Waals surface area contributed by atoms with Crippen LogP contribution in [0, 0.1) is 0 Å². The lowest BCUT2D eigenvalue weighted by Gasteiger charge is -2.09. The van der Waals surface area contributed by atoms with E-state index in [9.17, 15) is 9.59 Å². The van der Waals surface area contributed by atoms with E-state index in [0.717, 1.165) is 17.0 Å². The second-order valence-corrected chi connectivity index (χ2v) is 6.44. The van der Waals surface area contributed by atoms with Crippen molar-refractivity contribution < 1.29 is 14.3 Å². The number of pyridine rings is 1. The van der Waals surface area contributed by atoms with E-state index in [0.29, 0.717) is 30.6 Å². The largest absolute Gasteiger partial charge is 0.497 e. The van der Waals surface area contributed by atoms with E-state index < -0.39 is 0 Å². The summed E-state index contributed by atoms with van der Waals surface area (Å²) in [5.41, 5.74) is 2.72. The number of hydrogen-bond donors (Lipinski definition) is 2. The quantitative estimate of drug-likeness (QED) is 0.621. The van der Waals surface area contributed by atoms with Crippen LogP contribution in [0.2, 0.25) is 0 Å². The van der Waals surface area contributed by atoms with Crippen molar-refractivity contribution in [1.82, 2.24) is 15.6 Å². The number of ether oxygens (including phenoxy) is 1. The predicted molar refractivity (Wildman–Crippen MR) is 111 cm³/mol. The van der Waals surface area contributed by atoms with Gasteiger partial charge in [-0.15, -0.1) is 0 Å². The highest BCUT2D eigenvalue weighted by molar-refractivity contribution is 5.99. The number of nitrogens with one attached hydrogen (secondary N) is 2. The first-order valence-electron chi connectivity index (χ1n) is 9.35. The van der Waals surface area contributed by atoms with Gasteiger partial charge in [0.05, 0.1) is 19.3 Å². The zero-order chi connectivity index (χ0) is 20.5. The Bertz CT molecular complexity index is 974. The van der Waals surface area contributed by atoms with Gasteiger partial charge in [-0.2, -0.15) is 0 Å². The smallest absolute Gasteiger partial charge is 0.251 e. The van der Waals surface area contributed by atoms with E-state index in [1.54, 1.807) is 37.6 Å². The fraction of sp³-hybridized carbons (Fsp3) is 0.174. The number of benzene rings is 2. The van der Waals surface area contributed by atoms with Gasteiger partial charge in [-0.05, 0) is 54.4 Å². The number of carbonyl (C=O) groups is 2. The van der Waals surface area contributed by atoms with Gasteiger partial charge in [0.25, 0.3) is 11.8 Å². The molecule has 148 valence electrons. The molecule has 0 saturated carbocycles. The molecule has 0 unspecified atom stereocenters. The molecule has 1 heterocycles. The van der Waals surface area contributed by atoms with Gasteiger partial charge in [-0.25, -0.2) is 0 Å². The Labute approximate surface area is 169 Å². The van der Waals surface area contributed by atoms with Crippen LogP contribution < -0.4 is 15.4 Å². The maximum atomic E-state index is 12.4. The Morgan fingerprint density at radius 3 is 2.38 bits per heavy atom. The number of methoxy groups -OCH3 is 1. The fourth-order valence-corrected chi connectivity index (χ4v) is 2.83. The second kappa shape index (κ2) is 10.0. The minimum absolute atomic E-state index is 0.215. The first-order valence-corrected chi connectivity index (χ1v) is 9.35. The maximum absolute atomic E-state index is 12.4. The second-order valence-electron chi connectivity index (χ2n) is 6.44. The van der Waals surface area contributed by atoms with E-state index in [4.69, 9.17) is 4.74 Å². The van der Waals surface area contributed by atoms with Gasteiger partial charge < -0.3 is 15.4 Å². The fourth-order valence-electron chi connectivity index (χ4n) is 2.83. The van der Waals surface area contributed by atoms with Crippen molar-refractivity contribution >= 4 is 11.8 Å². The molecule has 0 spiro atoms. The summed E-state index contributed by atoms with van der Waals surface area (Å²) < 4.78 is 5.21. The van der Waals surface area contributed by atoms with E-state index in [-0.39, 0.29) is 11.8 Å². The van der Waals surface area contributed by atoms with Crippen molar-refractivity contribution in [3.8, 4) is 5.75 Å². The average molecular weight is 389 g/mol. The van der Waals surface area contributed by atoms with E-state index in [2.05, 4.69) is 15.6 Å². The topological polar surface area (TPSA) is 80.3 Å². The third-order valence-electron chi connectivity index (χ3n) is 4.38. The Hall–Kier alpha value is -3.67. The Kier molecular flexibility index (Phi) is 6.95. The average Bonchev–Trinajstić information content (AvgIpc) is 2.78. The van der Waals surface area contributed by atoms with Crippen molar-refractivity contribution in [2.45, 2.75) is 13.0 Å². The first-order chi connectivity index (χ1) is 14.2. The molecular formula is C23H23N3O3. The molecule has 6 nitrogen and oxygen atoms in total. The molecule has 0 radical (unpaired) electrons. The number of amides is 2. The Morgan fingerprint density at radius 1 is 0.897 bits per heavy atom. The molecule has 0 aliphatic heterocycles. The highest BCUT2D eigenvalue weighted by Crippen LogP contribution is 2.12. The summed E-state index contributed by atoms with van der Waals surface area (Å²) in [6.07, 6.45) is 2.37. The van der Waals surface area contributed by atoms with Crippen LogP contribution >= 0.6 is 0 Å². The lowest BCUT2D eigenvalue weighted by atomic mass is 10.1. The standard InChI is InChI=1S/C23H23N3O3/c1-29-21-10-4-6-17(14-21)11-13-25-22(27)18-7-5-8-19(15-18)23(28)26-16-20-9-2-3-12-24-20/h2-10,12,14-15H,11,13,16H2,1H3,(H,25,27)(H,26,28). The summed E-state index contributed by atoms with van der Waals surface area (Å²) in [5.74, 6) is 0.326. The lowest BCUT2D eigenvalue weighted by molar-refractivity contribution is 0.0950. The summed E-state index contributed by atoms with van der Waals surface area (Å²) in [5, 5.41) is 5.70. The van der Waals surface area contributed by atoms with Gasteiger partial charge in [0, 0.05) is 23.9 Å². The third kappa shape index (κ3) is 5.90. The summed E-state index contributed by atoms with van der Waals surface area (Å²) in [6, 6.07) is 19.9. The van der Waals surface area contributed by atoms with Gasteiger partial charge in [-0.1, -0.05) is 24.3 Å². The van der Waals surface area contributed by atoms with Crippen LogP contribution in [0.25, 0.3) is 0 Å². The van der Waals surface area contributed by atoms with Crippen LogP contribution in [0.4, 0.5) is 0 Å². The molecule has 0 fully saturated rings. The Morgan fingerprint density at radius 2 is 1.66 bits per heavy atom. The van der Waals surface area contributed by atoms with E-state index in [1.165, 1.54) is 0 Å². The Balaban J connectivity index is 1.53. The van der Waals surface area contributed by atoms with Gasteiger partial charge >= 0.3 is 0 Å². The zero-order valence-electron chi connectivity index (χ0n) is 16.2. The van der Waals surface area contributed by atoms with Crippen molar-refractivity contribution in [3.05, 3.63) is 95.3 Å². The van der Waals surface area contributed by atoms with Crippen molar-refractivity contribution in [2.24, 2.45) is 0 Å². The minimum atomic E-state index is -0.248. The van der Waals surface area contributed by atoms with E-state index >= 15 is 0 Å². The minimum Gasteiger partial charge on any atom is -0.497 e. The highest BCUT2D eigenvalue weighted by Gasteiger charge is 2.10. The van der Waals surface area contributed by atoms with Crippen molar-refractivity contribution in [2.75, 3.05) is 13.7 Å². The number of aromatic nitrogens is 1. The molecule has 0 aliphatic carbocycles. The van der Waals surface area contributed by atoms with Crippen LogP contribution in [0.5, 0.6) is 5.75 Å². The molecule has 0 bridgehead atoms. The summed E-state index contributed by atoms with van der Waals surface area (Å²) >= 11 is 0. The molecule has 2 amide bonds. The summed E-state index contributed by atoms with van der Waals surface area (Å²) in [7, 11) is 1.63. The third-order valence-corrected chi connectivity index (χ3v) is 4.38. The molecule has 0 saturated heterocycles. The molecule has 3 aromatic rings. The molecule has 2 N–H and O–H groups in total. The van der Waals surface area contributed by atoms with Crippen LogP contribution in [0.3, 0.4) is 0 Å². The lowest BCUT2D eigenvalue weighted by Crippen LogP contribution is -2.27. The number of nitrogens with zero attached hydrogens (tertiary/aromatic N) is 1. The molecule has 6 heteroatoms. The van der Waals surface area contributed by atoms with E-state index in [1.807, 2.05) is 42.5 Å². The number of carbonyl (C=O) groups excluding carboxylic acids is 2. The van der Waals surface area contributed by atoms with Crippen molar-refractivity contribution in [1.29, 1.82) is 0 Å². The number of hydrogen-bond acceptors (Lipinski definition) is 4. The zero-order valence-corrected chi connectivity index (χ0v) is 16.2. The predicted octanol–water partition coefficient (Wildman–Crippen LogP) is 2.99. The molecule has 29 heavy (non-hydrogen) atoms. The van der Waals surface area contributed by atoms with Crippen LogP contribution in [-0.2, 0) is 13.0 Å².